The fraction of sp³-hybridized carbons (Fsp3) is 0.462. The number of carbonyl (C=O) groups excluding carboxylic acids is 1. The van der Waals surface area contributed by atoms with Gasteiger partial charge in [0.25, 0.3) is 0 Å². The van der Waals surface area contributed by atoms with Crippen LogP contribution in [0.25, 0.3) is 0 Å². The molecule has 0 heterocycles. The number of rotatable bonds is 7. The van der Waals surface area contributed by atoms with Gasteiger partial charge >= 0.3 is 0 Å². The van der Waals surface area contributed by atoms with Gasteiger partial charge in [0.1, 0.15) is 12.4 Å². The Kier molecular flexibility index (Phi) is 5.49. The Hall–Kier alpha value is -1.55. The summed E-state index contributed by atoms with van der Waals surface area (Å²) in [6, 6.07) is 5.10. The lowest BCUT2D eigenvalue weighted by Gasteiger charge is -2.09. The molecule has 0 saturated carbocycles. The van der Waals surface area contributed by atoms with Crippen LogP contribution in [0.3, 0.4) is 0 Å². The van der Waals surface area contributed by atoms with Crippen molar-refractivity contribution >= 4 is 11.5 Å². The zero-order valence-electron chi connectivity index (χ0n) is 10.4. The van der Waals surface area contributed by atoms with E-state index in [1.807, 2.05) is 0 Å². The summed E-state index contributed by atoms with van der Waals surface area (Å²) in [7, 11) is 0. The number of anilines is 1. The molecule has 0 aliphatic rings. The zero-order valence-corrected chi connectivity index (χ0v) is 10.4. The van der Waals surface area contributed by atoms with Crippen LogP contribution in [-0.2, 0) is 4.74 Å². The number of hydrogen-bond acceptors (Lipinski definition) is 4. The Balaban J connectivity index is 2.49. The second kappa shape index (κ2) is 6.91. The number of hydrogen-bond donors (Lipinski definition) is 1. The van der Waals surface area contributed by atoms with E-state index in [-0.39, 0.29) is 5.78 Å². The van der Waals surface area contributed by atoms with Gasteiger partial charge in [-0.05, 0) is 31.5 Å². The smallest absolute Gasteiger partial charge is 0.162 e. The first-order valence-corrected chi connectivity index (χ1v) is 5.76. The molecule has 4 nitrogen and oxygen atoms in total. The van der Waals surface area contributed by atoms with Crippen LogP contribution in [0, 0.1) is 0 Å². The monoisotopic (exact) mass is 237 g/mol. The lowest BCUT2D eigenvalue weighted by atomic mass is 10.1. The second-order valence-corrected chi connectivity index (χ2v) is 3.77. The summed E-state index contributed by atoms with van der Waals surface area (Å²) in [5.74, 6) is 0.583. The summed E-state index contributed by atoms with van der Waals surface area (Å²) in [5, 5.41) is 0. The number of ether oxygens (including phenoxy) is 2. The first kappa shape index (κ1) is 13.5. The maximum atomic E-state index is 11.3. The molecule has 0 aliphatic heterocycles. The maximum absolute atomic E-state index is 11.3. The van der Waals surface area contributed by atoms with Crippen LogP contribution in [0.5, 0.6) is 5.75 Å². The number of benzene rings is 1. The zero-order chi connectivity index (χ0) is 12.7. The van der Waals surface area contributed by atoms with Crippen molar-refractivity contribution in [3.8, 4) is 5.75 Å². The molecule has 4 heteroatoms. The van der Waals surface area contributed by atoms with Crippen LogP contribution in [-0.4, -0.2) is 25.6 Å². The van der Waals surface area contributed by atoms with Crippen molar-refractivity contribution in [2.75, 3.05) is 25.6 Å². The predicted octanol–water partition coefficient (Wildman–Crippen LogP) is 2.28. The van der Waals surface area contributed by atoms with Crippen LogP contribution in [0.1, 0.15) is 30.6 Å². The van der Waals surface area contributed by atoms with E-state index in [1.54, 1.807) is 18.2 Å². The molecule has 17 heavy (non-hydrogen) atoms. The summed E-state index contributed by atoms with van der Waals surface area (Å²) in [6.45, 7) is 5.30. The van der Waals surface area contributed by atoms with Gasteiger partial charge in [-0.2, -0.15) is 0 Å². The van der Waals surface area contributed by atoms with E-state index in [9.17, 15) is 4.79 Å². The highest BCUT2D eigenvalue weighted by molar-refractivity contribution is 5.99. The summed E-state index contributed by atoms with van der Waals surface area (Å²) in [5.41, 5.74) is 6.66. The van der Waals surface area contributed by atoms with Crippen LogP contribution >= 0.6 is 0 Å². The van der Waals surface area contributed by atoms with E-state index >= 15 is 0 Å². The third kappa shape index (κ3) is 4.44. The van der Waals surface area contributed by atoms with Crippen molar-refractivity contribution in [1.29, 1.82) is 0 Å². The average Bonchev–Trinajstić information content (AvgIpc) is 2.30. The third-order valence-electron chi connectivity index (χ3n) is 2.25. The van der Waals surface area contributed by atoms with Gasteiger partial charge in [0.2, 0.25) is 0 Å². The molecule has 1 rings (SSSR count). The van der Waals surface area contributed by atoms with E-state index < -0.39 is 0 Å². The predicted molar refractivity (Wildman–Crippen MR) is 67.5 cm³/mol. The molecule has 1 aromatic carbocycles. The highest BCUT2D eigenvalue weighted by atomic mass is 16.5. The highest BCUT2D eigenvalue weighted by Gasteiger charge is 2.06. The van der Waals surface area contributed by atoms with E-state index in [0.29, 0.717) is 30.2 Å². The highest BCUT2D eigenvalue weighted by Crippen LogP contribution is 2.20. The van der Waals surface area contributed by atoms with Gasteiger partial charge in [-0.1, -0.05) is 6.92 Å². The molecule has 1 aromatic rings. The molecule has 0 unspecified atom stereocenters. The SMILES string of the molecule is CCCOCCOc1ccc(N)c(C(C)=O)c1. The quantitative estimate of drug-likeness (QED) is 0.449. The van der Waals surface area contributed by atoms with Crippen LogP contribution < -0.4 is 10.5 Å². The number of Topliss-reactive ketones (excluding diaryl/α,β-unsaturated/α-hetero) is 1. The Bertz CT molecular complexity index is 377. The van der Waals surface area contributed by atoms with Gasteiger partial charge in [-0.3, -0.25) is 4.79 Å². The molecular weight excluding hydrogens is 218 g/mol. The Labute approximate surface area is 102 Å². The van der Waals surface area contributed by atoms with Gasteiger partial charge in [-0.15, -0.1) is 0 Å². The van der Waals surface area contributed by atoms with Crippen molar-refractivity contribution in [2.24, 2.45) is 0 Å². The van der Waals surface area contributed by atoms with E-state index in [2.05, 4.69) is 6.92 Å². The topological polar surface area (TPSA) is 61.6 Å². The summed E-state index contributed by atoms with van der Waals surface area (Å²) in [6.07, 6.45) is 0.996. The number of carbonyl (C=O) groups is 1. The number of ketones is 1. The minimum absolute atomic E-state index is 0.0600. The van der Waals surface area contributed by atoms with E-state index in [4.69, 9.17) is 15.2 Å². The van der Waals surface area contributed by atoms with Gasteiger partial charge in [-0.25, -0.2) is 0 Å². The summed E-state index contributed by atoms with van der Waals surface area (Å²) >= 11 is 0. The fourth-order valence-electron chi connectivity index (χ4n) is 1.39. The molecule has 2 N–H and O–H groups in total. The number of nitrogens with two attached hydrogens (primary N) is 1. The van der Waals surface area contributed by atoms with Gasteiger partial charge < -0.3 is 15.2 Å². The van der Waals surface area contributed by atoms with E-state index in [0.717, 1.165) is 13.0 Å². The molecule has 0 amide bonds. The standard InChI is InChI=1S/C13H19NO3/c1-3-6-16-7-8-17-11-4-5-13(14)12(9-11)10(2)15/h4-5,9H,3,6-8,14H2,1-2H3. The van der Waals surface area contributed by atoms with Gasteiger partial charge in [0, 0.05) is 17.9 Å². The molecule has 0 atom stereocenters. The van der Waals surface area contributed by atoms with Crippen LogP contribution in [0.4, 0.5) is 5.69 Å². The fourth-order valence-corrected chi connectivity index (χ4v) is 1.39. The number of nitrogen functional groups attached to an aromatic ring is 1. The Morgan fingerprint density at radius 1 is 1.29 bits per heavy atom. The molecule has 0 fully saturated rings. The van der Waals surface area contributed by atoms with Crippen LogP contribution in [0.2, 0.25) is 0 Å². The molecule has 0 radical (unpaired) electrons. The first-order chi connectivity index (χ1) is 8.15. The van der Waals surface area contributed by atoms with Crippen LogP contribution in [0.15, 0.2) is 18.2 Å². The lowest BCUT2D eigenvalue weighted by molar-refractivity contribution is 0.0997. The van der Waals surface area contributed by atoms with Crippen molar-refractivity contribution < 1.29 is 14.3 Å². The van der Waals surface area contributed by atoms with E-state index in [1.165, 1.54) is 6.92 Å². The average molecular weight is 237 g/mol. The Morgan fingerprint density at radius 3 is 2.71 bits per heavy atom. The molecule has 0 bridgehead atoms. The van der Waals surface area contributed by atoms with Crippen molar-refractivity contribution in [3.63, 3.8) is 0 Å². The molecule has 0 aromatic heterocycles. The maximum Gasteiger partial charge on any atom is 0.162 e. The van der Waals surface area contributed by atoms with Crippen molar-refractivity contribution in [2.45, 2.75) is 20.3 Å². The van der Waals surface area contributed by atoms with Crippen molar-refractivity contribution in [1.82, 2.24) is 0 Å². The van der Waals surface area contributed by atoms with Gasteiger partial charge in [0.05, 0.1) is 6.61 Å². The molecular formula is C13H19NO3. The van der Waals surface area contributed by atoms with Crippen molar-refractivity contribution in [3.05, 3.63) is 23.8 Å². The largest absolute Gasteiger partial charge is 0.491 e. The van der Waals surface area contributed by atoms with Gasteiger partial charge in [0.15, 0.2) is 5.78 Å². The normalized spacial score (nSPS) is 10.2. The minimum atomic E-state index is -0.0600. The lowest BCUT2D eigenvalue weighted by Crippen LogP contribution is -2.08. The summed E-state index contributed by atoms with van der Waals surface area (Å²) < 4.78 is 10.8. The first-order valence-electron chi connectivity index (χ1n) is 5.76. The third-order valence-corrected chi connectivity index (χ3v) is 2.25. The second-order valence-electron chi connectivity index (χ2n) is 3.77. The summed E-state index contributed by atoms with van der Waals surface area (Å²) in [4.78, 5) is 11.3. The Morgan fingerprint density at radius 2 is 2.06 bits per heavy atom. The molecule has 0 aliphatic carbocycles. The molecule has 94 valence electrons. The molecule has 0 saturated heterocycles. The molecule has 0 spiro atoms. The minimum Gasteiger partial charge on any atom is -0.491 e.